The summed E-state index contributed by atoms with van der Waals surface area (Å²) in [5, 5.41) is 8.59. The van der Waals surface area contributed by atoms with E-state index in [1.807, 2.05) is 12.1 Å². The van der Waals surface area contributed by atoms with Crippen molar-refractivity contribution in [3.05, 3.63) is 21.3 Å². The minimum Gasteiger partial charge on any atom is -0.396 e. The van der Waals surface area contributed by atoms with Gasteiger partial charge in [-0.15, -0.1) is 11.3 Å². The van der Waals surface area contributed by atoms with E-state index in [1.165, 1.54) is 11.3 Å². The summed E-state index contributed by atoms with van der Waals surface area (Å²) >= 11 is 7.26. The van der Waals surface area contributed by atoms with E-state index in [-0.39, 0.29) is 12.6 Å². The molecule has 4 heteroatoms. The Morgan fingerprint density at radius 1 is 1.58 bits per heavy atom. The zero-order valence-corrected chi connectivity index (χ0v) is 8.24. The lowest BCUT2D eigenvalue weighted by Crippen LogP contribution is -2.08. The molecule has 0 aliphatic carbocycles. The van der Waals surface area contributed by atoms with Crippen LogP contribution in [0, 0.1) is 0 Å². The minimum absolute atomic E-state index is 0.0228. The molecule has 1 aromatic rings. The first-order valence-corrected chi connectivity index (χ1v) is 5.05. The molecule has 12 heavy (non-hydrogen) atoms. The molecule has 1 unspecified atom stereocenters. The van der Waals surface area contributed by atoms with E-state index in [4.69, 9.17) is 22.4 Å². The Morgan fingerprint density at radius 3 is 2.83 bits per heavy atom. The van der Waals surface area contributed by atoms with Crippen molar-refractivity contribution in [2.45, 2.75) is 18.9 Å². The molecule has 0 fully saturated rings. The zero-order chi connectivity index (χ0) is 8.97. The van der Waals surface area contributed by atoms with Crippen molar-refractivity contribution in [1.29, 1.82) is 0 Å². The molecule has 0 radical (unpaired) electrons. The minimum atomic E-state index is 0.0228. The largest absolute Gasteiger partial charge is 0.396 e. The third-order valence-corrected chi connectivity index (χ3v) is 3.00. The van der Waals surface area contributed by atoms with Crippen LogP contribution in [-0.2, 0) is 0 Å². The molecule has 0 saturated heterocycles. The van der Waals surface area contributed by atoms with E-state index < -0.39 is 0 Å². The van der Waals surface area contributed by atoms with Gasteiger partial charge in [-0.2, -0.15) is 0 Å². The zero-order valence-electron chi connectivity index (χ0n) is 6.66. The van der Waals surface area contributed by atoms with Gasteiger partial charge in [0, 0.05) is 17.5 Å². The lowest BCUT2D eigenvalue weighted by Gasteiger charge is -2.06. The standard InChI is InChI=1S/C8H12ClNOS/c9-8-4-3-7(12-8)6(10)2-1-5-11/h3-4,6,11H,1-2,5,10H2. The van der Waals surface area contributed by atoms with Crippen LogP contribution in [0.4, 0.5) is 0 Å². The second-order valence-corrected chi connectivity index (χ2v) is 4.36. The van der Waals surface area contributed by atoms with Gasteiger partial charge in [0.25, 0.3) is 0 Å². The second kappa shape index (κ2) is 4.82. The topological polar surface area (TPSA) is 46.2 Å². The third-order valence-electron chi connectivity index (χ3n) is 1.63. The highest BCUT2D eigenvalue weighted by atomic mass is 35.5. The lowest BCUT2D eigenvalue weighted by atomic mass is 10.1. The van der Waals surface area contributed by atoms with E-state index in [1.54, 1.807) is 0 Å². The summed E-state index contributed by atoms with van der Waals surface area (Å²) in [4.78, 5) is 1.09. The monoisotopic (exact) mass is 205 g/mol. The van der Waals surface area contributed by atoms with Gasteiger partial charge in [-0.25, -0.2) is 0 Å². The first-order valence-electron chi connectivity index (χ1n) is 3.85. The molecule has 0 aliphatic rings. The average molecular weight is 206 g/mol. The molecule has 0 spiro atoms. The van der Waals surface area contributed by atoms with Crippen molar-refractivity contribution in [3.63, 3.8) is 0 Å². The number of aliphatic hydroxyl groups is 1. The lowest BCUT2D eigenvalue weighted by molar-refractivity contribution is 0.280. The van der Waals surface area contributed by atoms with Crippen molar-refractivity contribution in [3.8, 4) is 0 Å². The Labute approximate surface area is 81.0 Å². The molecule has 1 aromatic heterocycles. The van der Waals surface area contributed by atoms with Crippen molar-refractivity contribution in [1.82, 2.24) is 0 Å². The maximum atomic E-state index is 8.59. The van der Waals surface area contributed by atoms with E-state index in [0.717, 1.165) is 22.1 Å². The van der Waals surface area contributed by atoms with Crippen LogP contribution in [0.15, 0.2) is 12.1 Å². The number of aliphatic hydroxyl groups excluding tert-OH is 1. The Balaban J connectivity index is 2.47. The molecule has 1 rings (SSSR count). The number of hydrogen-bond acceptors (Lipinski definition) is 3. The van der Waals surface area contributed by atoms with Crippen molar-refractivity contribution >= 4 is 22.9 Å². The van der Waals surface area contributed by atoms with Gasteiger partial charge in [-0.3, -0.25) is 0 Å². The molecular weight excluding hydrogens is 194 g/mol. The predicted octanol–water partition coefficient (Wildman–Crippen LogP) is 2.17. The Kier molecular flexibility index (Phi) is 4.01. The van der Waals surface area contributed by atoms with Crippen LogP contribution in [0.2, 0.25) is 4.34 Å². The molecular formula is C8H12ClNOS. The summed E-state index contributed by atoms with van der Waals surface area (Å²) in [6.45, 7) is 0.201. The summed E-state index contributed by atoms with van der Waals surface area (Å²) in [7, 11) is 0. The van der Waals surface area contributed by atoms with Gasteiger partial charge in [-0.05, 0) is 25.0 Å². The quantitative estimate of drug-likeness (QED) is 0.792. The number of halogens is 1. The van der Waals surface area contributed by atoms with Gasteiger partial charge in [0.05, 0.1) is 4.34 Å². The smallest absolute Gasteiger partial charge is 0.0931 e. The molecule has 0 amide bonds. The highest BCUT2D eigenvalue weighted by Gasteiger charge is 2.07. The SMILES string of the molecule is NC(CCCO)c1ccc(Cl)s1. The van der Waals surface area contributed by atoms with Crippen LogP contribution in [-0.4, -0.2) is 11.7 Å². The van der Waals surface area contributed by atoms with Crippen LogP contribution in [0.25, 0.3) is 0 Å². The maximum Gasteiger partial charge on any atom is 0.0931 e. The fourth-order valence-corrected chi connectivity index (χ4v) is 2.08. The Hall–Kier alpha value is -0.0900. The maximum absolute atomic E-state index is 8.59. The van der Waals surface area contributed by atoms with Gasteiger partial charge < -0.3 is 10.8 Å². The molecule has 0 bridgehead atoms. The number of rotatable bonds is 4. The van der Waals surface area contributed by atoms with E-state index >= 15 is 0 Å². The van der Waals surface area contributed by atoms with Crippen LogP contribution >= 0.6 is 22.9 Å². The molecule has 3 N–H and O–H groups in total. The van der Waals surface area contributed by atoms with Gasteiger partial charge >= 0.3 is 0 Å². The summed E-state index contributed by atoms with van der Waals surface area (Å²) in [6.07, 6.45) is 1.56. The number of thiophene rings is 1. The highest BCUT2D eigenvalue weighted by Crippen LogP contribution is 2.27. The van der Waals surface area contributed by atoms with Crippen LogP contribution in [0.5, 0.6) is 0 Å². The van der Waals surface area contributed by atoms with Crippen LogP contribution in [0.3, 0.4) is 0 Å². The first-order chi connectivity index (χ1) is 5.74. The first kappa shape index (κ1) is 9.99. The molecule has 1 atom stereocenters. The van der Waals surface area contributed by atoms with E-state index in [2.05, 4.69) is 0 Å². The molecule has 2 nitrogen and oxygen atoms in total. The molecule has 0 saturated carbocycles. The molecule has 68 valence electrons. The summed E-state index contributed by atoms with van der Waals surface area (Å²) < 4.78 is 0.768. The average Bonchev–Trinajstić information content (AvgIpc) is 2.47. The van der Waals surface area contributed by atoms with Crippen molar-refractivity contribution < 1.29 is 5.11 Å². The second-order valence-electron chi connectivity index (χ2n) is 2.61. The third kappa shape index (κ3) is 2.75. The van der Waals surface area contributed by atoms with Gasteiger partial charge in [-0.1, -0.05) is 11.6 Å². The predicted molar refractivity (Wildman–Crippen MR) is 52.6 cm³/mol. The summed E-state index contributed by atoms with van der Waals surface area (Å²) in [5.41, 5.74) is 5.84. The van der Waals surface area contributed by atoms with Crippen LogP contribution in [0.1, 0.15) is 23.8 Å². The summed E-state index contributed by atoms with van der Waals surface area (Å²) in [5.74, 6) is 0. The number of nitrogens with two attached hydrogens (primary N) is 1. The Bertz CT molecular complexity index is 239. The van der Waals surface area contributed by atoms with E-state index in [9.17, 15) is 0 Å². The summed E-state index contributed by atoms with van der Waals surface area (Å²) in [6, 6.07) is 3.81. The van der Waals surface area contributed by atoms with E-state index in [0.29, 0.717) is 0 Å². The molecule has 1 heterocycles. The molecule has 0 aromatic carbocycles. The highest BCUT2D eigenvalue weighted by molar-refractivity contribution is 7.16. The molecule has 0 aliphatic heterocycles. The van der Waals surface area contributed by atoms with Gasteiger partial charge in [0.15, 0.2) is 0 Å². The van der Waals surface area contributed by atoms with Gasteiger partial charge in [0.2, 0.25) is 0 Å². The van der Waals surface area contributed by atoms with Gasteiger partial charge in [0.1, 0.15) is 0 Å². The Morgan fingerprint density at radius 2 is 2.33 bits per heavy atom. The van der Waals surface area contributed by atoms with Crippen LogP contribution < -0.4 is 5.73 Å². The fraction of sp³-hybridized carbons (Fsp3) is 0.500. The van der Waals surface area contributed by atoms with Crippen molar-refractivity contribution in [2.75, 3.05) is 6.61 Å². The van der Waals surface area contributed by atoms with Crippen molar-refractivity contribution in [2.24, 2.45) is 5.73 Å². The number of hydrogen-bond donors (Lipinski definition) is 2. The fourth-order valence-electron chi connectivity index (χ4n) is 0.981. The normalized spacial score (nSPS) is 13.2.